The molecule has 0 N–H and O–H groups in total. The van der Waals surface area contributed by atoms with Gasteiger partial charge in [0.2, 0.25) is 0 Å². The highest BCUT2D eigenvalue weighted by Gasteiger charge is 2.48. The molecule has 0 fully saturated rings. The Hall–Kier alpha value is -5.58. The van der Waals surface area contributed by atoms with Gasteiger partial charge in [-0.3, -0.25) is 0 Å². The Morgan fingerprint density at radius 2 is 1.16 bits per heavy atom. The number of thiophene rings is 1. The predicted molar refractivity (Wildman–Crippen MR) is 276 cm³/mol. The first-order chi connectivity index (χ1) is 29.9. The van der Waals surface area contributed by atoms with E-state index in [0.717, 1.165) is 0 Å². The molecule has 63 heavy (non-hydrogen) atoms. The molecule has 2 aliphatic heterocycles. The van der Waals surface area contributed by atoms with E-state index in [-0.39, 0.29) is 28.5 Å². The Morgan fingerprint density at radius 1 is 0.524 bits per heavy atom. The lowest BCUT2D eigenvalue weighted by atomic mass is 9.43. The van der Waals surface area contributed by atoms with E-state index < -0.39 is 0 Å². The van der Waals surface area contributed by atoms with Crippen molar-refractivity contribution in [2.75, 3.05) is 9.71 Å². The van der Waals surface area contributed by atoms with Crippen molar-refractivity contribution in [2.45, 2.75) is 111 Å². The zero-order valence-corrected chi connectivity index (χ0v) is 39.8. The summed E-state index contributed by atoms with van der Waals surface area (Å²) >= 11 is 1.96. The van der Waals surface area contributed by atoms with Crippen molar-refractivity contribution in [3.63, 3.8) is 0 Å². The fourth-order valence-electron chi connectivity index (χ4n) is 11.1. The van der Waals surface area contributed by atoms with Crippen LogP contribution in [0.2, 0.25) is 0 Å². The second-order valence-electron chi connectivity index (χ2n) is 22.2. The van der Waals surface area contributed by atoms with Gasteiger partial charge in [-0.2, -0.15) is 0 Å². The molecule has 0 saturated carbocycles. The minimum absolute atomic E-state index is 0.00701. The van der Waals surface area contributed by atoms with Crippen molar-refractivity contribution in [3.8, 4) is 22.3 Å². The summed E-state index contributed by atoms with van der Waals surface area (Å²) in [5, 5.41) is 2.66. The Labute approximate surface area is 379 Å². The molecule has 3 heterocycles. The first-order valence-corrected chi connectivity index (χ1v) is 23.9. The van der Waals surface area contributed by atoms with E-state index in [4.69, 9.17) is 0 Å². The largest absolute Gasteiger partial charge is 0.376 e. The van der Waals surface area contributed by atoms with E-state index in [1.165, 1.54) is 122 Å². The van der Waals surface area contributed by atoms with Gasteiger partial charge in [-0.15, -0.1) is 11.3 Å². The van der Waals surface area contributed by atoms with Gasteiger partial charge in [-0.25, -0.2) is 0 Å². The Balaban J connectivity index is 1.30. The molecule has 3 aliphatic rings. The van der Waals surface area contributed by atoms with Crippen LogP contribution >= 0.6 is 11.3 Å². The third-order valence-electron chi connectivity index (χ3n) is 14.9. The van der Waals surface area contributed by atoms with Gasteiger partial charge < -0.3 is 9.71 Å². The van der Waals surface area contributed by atoms with Crippen LogP contribution < -0.4 is 20.6 Å². The number of hydrogen-bond donors (Lipinski definition) is 0. The first kappa shape index (κ1) is 40.2. The summed E-state index contributed by atoms with van der Waals surface area (Å²) in [6.07, 6.45) is 2.35. The molecule has 0 spiro atoms. The highest BCUT2D eigenvalue weighted by Crippen LogP contribution is 2.55. The van der Waals surface area contributed by atoms with Crippen molar-refractivity contribution in [2.24, 2.45) is 0 Å². The van der Waals surface area contributed by atoms with Crippen LogP contribution in [-0.4, -0.2) is 6.85 Å². The predicted octanol–water partition coefficient (Wildman–Crippen LogP) is 15.7. The lowest BCUT2D eigenvalue weighted by molar-refractivity contribution is 0.332. The molecule has 2 nitrogen and oxygen atoms in total. The second-order valence-corrected chi connectivity index (χ2v) is 23.2. The lowest BCUT2D eigenvalue weighted by Crippen LogP contribution is -2.61. The van der Waals surface area contributed by atoms with E-state index in [9.17, 15) is 0 Å². The number of fused-ring (bicyclic) bond motifs is 9. The van der Waals surface area contributed by atoms with Crippen molar-refractivity contribution in [1.29, 1.82) is 0 Å². The van der Waals surface area contributed by atoms with E-state index in [1.54, 1.807) is 0 Å². The Bertz CT molecular complexity index is 3160. The van der Waals surface area contributed by atoms with Gasteiger partial charge in [0.05, 0.1) is 5.69 Å². The van der Waals surface area contributed by atoms with Gasteiger partial charge in [0.15, 0.2) is 0 Å². The molecular weight excluding hydrogens is 780 g/mol. The maximum Gasteiger partial charge on any atom is 0.334 e. The third kappa shape index (κ3) is 6.18. The number of anilines is 5. The maximum absolute atomic E-state index is 2.75. The summed E-state index contributed by atoms with van der Waals surface area (Å²) in [6, 6.07) is 52.0. The number of rotatable bonds is 3. The SMILES string of the molecule is Cc1cc2c3c(c1)N(c1ccc(C(C)(C)C)cc1-c1ccccc1)c1ccc4c(sc5ccccc54)c1B3N(c1ccc(C(C)(C)C)cc1)c1cc3c(cc1-2)C(C)(C)CCC3(C)C. The average Bonchev–Trinajstić information content (AvgIpc) is 3.63. The van der Waals surface area contributed by atoms with Crippen LogP contribution in [0.25, 0.3) is 42.4 Å². The summed E-state index contributed by atoms with van der Waals surface area (Å²) in [7, 11) is 0. The first-order valence-electron chi connectivity index (χ1n) is 23.1. The normalized spacial score (nSPS) is 16.2. The molecule has 8 aromatic rings. The molecule has 0 bridgehead atoms. The number of benzene rings is 7. The van der Waals surface area contributed by atoms with E-state index >= 15 is 0 Å². The van der Waals surface area contributed by atoms with E-state index in [1.807, 2.05) is 11.3 Å². The fourth-order valence-corrected chi connectivity index (χ4v) is 12.4. The second kappa shape index (κ2) is 13.7. The Morgan fingerprint density at radius 3 is 1.86 bits per heavy atom. The highest BCUT2D eigenvalue weighted by atomic mass is 32.1. The standard InChI is InChI=1S/C59H59BN2S/c1-36-31-45-44-34-46-47(59(10,11)30-29-58(46,8)9)35-50(44)62(40-24-21-38(22-25-40)56(2,3)4)60-53(45)51(32-36)61(49-28-26-42-41-19-15-16-20-52(41)63-55(42)54(49)60)48-27-23-39(57(5,6)7)33-43(48)37-17-13-12-14-18-37/h12-28,31-35H,29-30H2,1-11H3. The van der Waals surface area contributed by atoms with Gasteiger partial charge in [-0.05, 0) is 146 Å². The molecule has 1 aliphatic carbocycles. The minimum atomic E-state index is -0.0709. The van der Waals surface area contributed by atoms with Crippen molar-refractivity contribution in [1.82, 2.24) is 0 Å². The molecule has 0 radical (unpaired) electrons. The van der Waals surface area contributed by atoms with Crippen LogP contribution in [0.15, 0.2) is 133 Å². The van der Waals surface area contributed by atoms with Gasteiger partial charge >= 0.3 is 6.85 Å². The summed E-state index contributed by atoms with van der Waals surface area (Å²) < 4.78 is 2.70. The third-order valence-corrected chi connectivity index (χ3v) is 16.1. The zero-order valence-electron chi connectivity index (χ0n) is 39.0. The molecule has 0 unspecified atom stereocenters. The van der Waals surface area contributed by atoms with Gasteiger partial charge in [0.25, 0.3) is 0 Å². The van der Waals surface area contributed by atoms with Crippen molar-refractivity contribution < 1.29 is 0 Å². The summed E-state index contributed by atoms with van der Waals surface area (Å²) in [6.45, 7) is 26.1. The lowest BCUT2D eigenvalue weighted by Gasteiger charge is -2.48. The quantitative estimate of drug-likeness (QED) is 0.164. The van der Waals surface area contributed by atoms with Crippen LogP contribution in [0.3, 0.4) is 0 Å². The molecule has 1 aromatic heterocycles. The summed E-state index contributed by atoms with van der Waals surface area (Å²) in [4.78, 5) is 5.40. The van der Waals surface area contributed by atoms with Crippen LogP contribution in [0, 0.1) is 6.92 Å². The summed E-state index contributed by atoms with van der Waals surface area (Å²) in [5.74, 6) is 0. The van der Waals surface area contributed by atoms with Crippen molar-refractivity contribution >= 4 is 77.7 Å². The smallest absolute Gasteiger partial charge is 0.334 e. The molecule has 0 saturated heterocycles. The van der Waals surface area contributed by atoms with Gasteiger partial charge in [0, 0.05) is 54.0 Å². The van der Waals surface area contributed by atoms with Gasteiger partial charge in [0.1, 0.15) is 0 Å². The number of aryl methyl sites for hydroxylation is 1. The Kier molecular flexibility index (Phi) is 8.75. The molecule has 0 amide bonds. The van der Waals surface area contributed by atoms with Gasteiger partial charge in [-0.1, -0.05) is 148 Å². The van der Waals surface area contributed by atoms with Crippen molar-refractivity contribution in [3.05, 3.63) is 161 Å². The number of hydrogen-bond acceptors (Lipinski definition) is 3. The molecule has 11 rings (SSSR count). The van der Waals surface area contributed by atoms with E-state index in [0.29, 0.717) is 0 Å². The van der Waals surface area contributed by atoms with E-state index in [2.05, 4.69) is 219 Å². The topological polar surface area (TPSA) is 6.48 Å². The number of nitrogens with zero attached hydrogens (tertiary/aromatic N) is 2. The monoisotopic (exact) mass is 838 g/mol. The van der Waals surface area contributed by atoms with Crippen LogP contribution in [0.4, 0.5) is 28.4 Å². The minimum Gasteiger partial charge on any atom is -0.376 e. The average molecular weight is 839 g/mol. The fraction of sp³-hybridized carbons (Fsp3) is 0.288. The maximum atomic E-state index is 2.75. The molecule has 314 valence electrons. The highest BCUT2D eigenvalue weighted by molar-refractivity contribution is 7.27. The molecule has 0 atom stereocenters. The zero-order chi connectivity index (χ0) is 44.0. The van der Waals surface area contributed by atoms with Crippen LogP contribution in [-0.2, 0) is 21.7 Å². The summed E-state index contributed by atoms with van der Waals surface area (Å²) in [5.41, 5.74) is 21.4. The molecular formula is C59H59BN2S. The van der Waals surface area contributed by atoms with Crippen LogP contribution in [0.5, 0.6) is 0 Å². The van der Waals surface area contributed by atoms with Crippen LogP contribution in [0.1, 0.15) is 110 Å². The molecule has 4 heteroatoms. The molecule has 7 aromatic carbocycles.